The Morgan fingerprint density at radius 1 is 1.42 bits per heavy atom. The Morgan fingerprint density at radius 3 is 2.89 bits per heavy atom. The Bertz CT molecular complexity index is 434. The number of rotatable bonds is 5. The fourth-order valence-corrected chi connectivity index (χ4v) is 1.81. The number of hydrogen-bond donors (Lipinski definition) is 3. The normalized spacial score (nSPS) is 22.1. The molecule has 2 atom stereocenters. The van der Waals surface area contributed by atoms with Gasteiger partial charge < -0.3 is 25.0 Å². The average molecular weight is 269 g/mol. The number of aliphatic carboxylic acids is 1. The fourth-order valence-electron chi connectivity index (χ4n) is 1.81. The minimum Gasteiger partial charge on any atom is -0.479 e. The summed E-state index contributed by atoms with van der Waals surface area (Å²) in [5, 5.41) is 17.5. The topological polar surface area (TPSA) is 114 Å². The van der Waals surface area contributed by atoms with Crippen molar-refractivity contribution >= 4 is 12.0 Å². The molecule has 2 rings (SSSR count). The standard InChI is InChI=1S/C11H15N3O5/c15-10(16)9-2-1-7(18-9)5-12-11(17)13-6-8-3-4-14-19-8/h3-4,7,9H,1-2,5-6H2,(H,15,16)(H2,12,13,17). The van der Waals surface area contributed by atoms with Gasteiger partial charge in [0.05, 0.1) is 18.8 Å². The molecule has 1 fully saturated rings. The summed E-state index contributed by atoms with van der Waals surface area (Å²) in [6, 6.07) is 1.29. The van der Waals surface area contributed by atoms with Gasteiger partial charge in [0.25, 0.3) is 0 Å². The van der Waals surface area contributed by atoms with Crippen LogP contribution in [0.2, 0.25) is 0 Å². The van der Waals surface area contributed by atoms with Crippen LogP contribution in [-0.2, 0) is 16.1 Å². The first kappa shape index (κ1) is 13.3. The lowest BCUT2D eigenvalue weighted by molar-refractivity contribution is -0.149. The van der Waals surface area contributed by atoms with Crippen molar-refractivity contribution < 1.29 is 24.0 Å². The molecule has 3 N–H and O–H groups in total. The van der Waals surface area contributed by atoms with E-state index in [-0.39, 0.29) is 25.2 Å². The summed E-state index contributed by atoms with van der Waals surface area (Å²) in [6.45, 7) is 0.529. The molecule has 0 radical (unpaired) electrons. The molecule has 0 bridgehead atoms. The van der Waals surface area contributed by atoms with Gasteiger partial charge in [-0.2, -0.15) is 0 Å². The maximum absolute atomic E-state index is 11.5. The Labute approximate surface area is 109 Å². The second kappa shape index (κ2) is 6.19. The number of hydrogen-bond acceptors (Lipinski definition) is 5. The molecular formula is C11H15N3O5. The molecule has 19 heavy (non-hydrogen) atoms. The summed E-state index contributed by atoms with van der Waals surface area (Å²) in [7, 11) is 0. The number of amides is 2. The Balaban J connectivity index is 1.63. The molecule has 8 nitrogen and oxygen atoms in total. The minimum atomic E-state index is -0.961. The highest BCUT2D eigenvalue weighted by atomic mass is 16.5. The number of carbonyl (C=O) groups is 2. The van der Waals surface area contributed by atoms with Gasteiger partial charge >= 0.3 is 12.0 Å². The largest absolute Gasteiger partial charge is 0.479 e. The van der Waals surface area contributed by atoms with Crippen LogP contribution >= 0.6 is 0 Å². The van der Waals surface area contributed by atoms with Crippen molar-refractivity contribution in [3.05, 3.63) is 18.0 Å². The van der Waals surface area contributed by atoms with Crippen molar-refractivity contribution in [3.8, 4) is 0 Å². The highest BCUT2D eigenvalue weighted by Gasteiger charge is 2.30. The van der Waals surface area contributed by atoms with Crippen molar-refractivity contribution in [1.82, 2.24) is 15.8 Å². The third-order valence-corrected chi connectivity index (χ3v) is 2.79. The maximum Gasteiger partial charge on any atom is 0.332 e. The zero-order valence-corrected chi connectivity index (χ0v) is 10.2. The van der Waals surface area contributed by atoms with E-state index >= 15 is 0 Å². The highest BCUT2D eigenvalue weighted by Crippen LogP contribution is 2.19. The van der Waals surface area contributed by atoms with Crippen LogP contribution in [0.25, 0.3) is 0 Å². The smallest absolute Gasteiger partial charge is 0.332 e. The zero-order valence-electron chi connectivity index (χ0n) is 10.2. The molecule has 0 aliphatic carbocycles. The van der Waals surface area contributed by atoms with Gasteiger partial charge in [0.2, 0.25) is 0 Å². The van der Waals surface area contributed by atoms with Crippen LogP contribution in [0.1, 0.15) is 18.6 Å². The first-order chi connectivity index (χ1) is 9.15. The molecule has 0 saturated carbocycles. The van der Waals surface area contributed by atoms with E-state index < -0.39 is 12.1 Å². The van der Waals surface area contributed by atoms with Gasteiger partial charge in [-0.1, -0.05) is 5.16 Å². The molecule has 1 aliphatic rings. The number of carbonyl (C=O) groups excluding carboxylic acids is 1. The van der Waals surface area contributed by atoms with Crippen molar-refractivity contribution in [2.45, 2.75) is 31.6 Å². The number of ether oxygens (including phenoxy) is 1. The van der Waals surface area contributed by atoms with E-state index in [0.717, 1.165) is 0 Å². The predicted molar refractivity (Wildman–Crippen MR) is 62.3 cm³/mol. The number of nitrogens with zero attached hydrogens (tertiary/aromatic N) is 1. The second-order valence-corrected chi connectivity index (χ2v) is 4.20. The Hall–Kier alpha value is -2.09. The molecule has 0 aromatic carbocycles. The maximum atomic E-state index is 11.5. The van der Waals surface area contributed by atoms with Gasteiger partial charge in [0, 0.05) is 12.6 Å². The van der Waals surface area contributed by atoms with Crippen molar-refractivity contribution in [2.75, 3.05) is 6.54 Å². The van der Waals surface area contributed by atoms with E-state index in [4.69, 9.17) is 14.4 Å². The molecule has 2 unspecified atom stereocenters. The summed E-state index contributed by atoms with van der Waals surface area (Å²) in [5.74, 6) is -0.407. The van der Waals surface area contributed by atoms with Gasteiger partial charge in [0.1, 0.15) is 0 Å². The predicted octanol–water partition coefficient (Wildman–Crippen LogP) is 0.106. The molecule has 2 amide bonds. The molecule has 1 aromatic rings. The first-order valence-corrected chi connectivity index (χ1v) is 5.94. The third-order valence-electron chi connectivity index (χ3n) is 2.79. The zero-order chi connectivity index (χ0) is 13.7. The summed E-state index contributed by atoms with van der Waals surface area (Å²) in [6.07, 6.45) is 1.58. The van der Waals surface area contributed by atoms with Crippen LogP contribution in [0.3, 0.4) is 0 Å². The first-order valence-electron chi connectivity index (χ1n) is 5.94. The minimum absolute atomic E-state index is 0.245. The fraction of sp³-hybridized carbons (Fsp3) is 0.545. The summed E-state index contributed by atoms with van der Waals surface area (Å²) < 4.78 is 10.1. The van der Waals surface area contributed by atoms with Crippen molar-refractivity contribution in [3.63, 3.8) is 0 Å². The highest BCUT2D eigenvalue weighted by molar-refractivity contribution is 5.74. The second-order valence-electron chi connectivity index (χ2n) is 4.20. The van der Waals surface area contributed by atoms with Gasteiger partial charge in [-0.3, -0.25) is 0 Å². The van der Waals surface area contributed by atoms with Crippen LogP contribution in [0, 0.1) is 0 Å². The Kier molecular flexibility index (Phi) is 4.35. The van der Waals surface area contributed by atoms with Gasteiger partial charge in [0.15, 0.2) is 11.9 Å². The third kappa shape index (κ3) is 3.95. The van der Waals surface area contributed by atoms with Crippen LogP contribution in [0.4, 0.5) is 4.79 Å². The van der Waals surface area contributed by atoms with Crippen LogP contribution < -0.4 is 10.6 Å². The lowest BCUT2D eigenvalue weighted by Gasteiger charge is -2.12. The molecular weight excluding hydrogens is 254 g/mol. The Morgan fingerprint density at radius 2 is 2.26 bits per heavy atom. The number of urea groups is 1. The number of aromatic nitrogens is 1. The van der Waals surface area contributed by atoms with E-state index in [1.165, 1.54) is 6.20 Å². The summed E-state index contributed by atoms with van der Waals surface area (Å²) in [4.78, 5) is 22.1. The monoisotopic (exact) mass is 269 g/mol. The van der Waals surface area contributed by atoms with E-state index in [9.17, 15) is 9.59 Å². The van der Waals surface area contributed by atoms with Crippen LogP contribution in [-0.4, -0.2) is 41.0 Å². The van der Waals surface area contributed by atoms with E-state index in [2.05, 4.69) is 15.8 Å². The molecule has 2 heterocycles. The van der Waals surface area contributed by atoms with E-state index in [1.807, 2.05) is 0 Å². The quantitative estimate of drug-likeness (QED) is 0.699. The van der Waals surface area contributed by atoms with Crippen molar-refractivity contribution in [2.24, 2.45) is 0 Å². The van der Waals surface area contributed by atoms with Gasteiger partial charge in [-0.25, -0.2) is 9.59 Å². The average Bonchev–Trinajstić information content (AvgIpc) is 3.05. The lowest BCUT2D eigenvalue weighted by atomic mass is 10.2. The number of carboxylic acids is 1. The molecule has 1 saturated heterocycles. The van der Waals surface area contributed by atoms with E-state index in [1.54, 1.807) is 6.07 Å². The number of carboxylic acid groups (broad SMARTS) is 1. The SMILES string of the molecule is O=C(NCc1ccno1)NCC1CCC(C(=O)O)O1. The van der Waals surface area contributed by atoms with Gasteiger partial charge in [-0.15, -0.1) is 0 Å². The molecule has 0 spiro atoms. The van der Waals surface area contributed by atoms with Crippen LogP contribution in [0.5, 0.6) is 0 Å². The lowest BCUT2D eigenvalue weighted by Crippen LogP contribution is -2.39. The summed E-state index contributed by atoms with van der Waals surface area (Å²) >= 11 is 0. The molecule has 8 heteroatoms. The molecule has 1 aromatic heterocycles. The van der Waals surface area contributed by atoms with Crippen LogP contribution in [0.15, 0.2) is 16.8 Å². The molecule has 104 valence electrons. The number of nitrogens with one attached hydrogen (secondary N) is 2. The molecule has 1 aliphatic heterocycles. The van der Waals surface area contributed by atoms with Gasteiger partial charge in [-0.05, 0) is 12.8 Å². The van der Waals surface area contributed by atoms with Crippen molar-refractivity contribution in [1.29, 1.82) is 0 Å². The summed E-state index contributed by atoms with van der Waals surface area (Å²) in [5.41, 5.74) is 0. The van der Waals surface area contributed by atoms with E-state index in [0.29, 0.717) is 18.6 Å².